The standard InChI is InChI=1S/C11H19NO5S/c13-11(14)10-3-1-2-6-12(10)18(15,16)9-4-7-17-8-5-9/h9-10H,1-8H2,(H,13,14)/t10-/m0/s1. The molecule has 0 bridgehead atoms. The first-order chi connectivity index (χ1) is 8.53. The molecule has 0 aromatic carbocycles. The number of carboxylic acids is 1. The Bertz CT molecular complexity index is 402. The molecule has 2 heterocycles. The van der Waals surface area contributed by atoms with Crippen molar-refractivity contribution >= 4 is 16.0 Å². The Balaban J connectivity index is 2.18. The molecule has 6 nitrogen and oxygen atoms in total. The van der Waals surface area contributed by atoms with Crippen molar-refractivity contribution in [3.8, 4) is 0 Å². The van der Waals surface area contributed by atoms with Gasteiger partial charge in [0.2, 0.25) is 10.0 Å². The van der Waals surface area contributed by atoms with Crippen molar-refractivity contribution in [3.05, 3.63) is 0 Å². The second-order valence-corrected chi connectivity index (χ2v) is 6.98. The van der Waals surface area contributed by atoms with E-state index in [1.165, 1.54) is 4.31 Å². The van der Waals surface area contributed by atoms with Crippen LogP contribution >= 0.6 is 0 Å². The molecule has 0 saturated carbocycles. The number of hydrogen-bond donors (Lipinski definition) is 1. The molecule has 2 aliphatic heterocycles. The molecule has 0 aliphatic carbocycles. The summed E-state index contributed by atoms with van der Waals surface area (Å²) in [6.07, 6.45) is 2.86. The molecule has 18 heavy (non-hydrogen) atoms. The summed E-state index contributed by atoms with van der Waals surface area (Å²) in [4.78, 5) is 11.2. The molecule has 1 atom stereocenters. The van der Waals surface area contributed by atoms with Crippen LogP contribution in [0.3, 0.4) is 0 Å². The maximum atomic E-state index is 12.5. The molecule has 0 radical (unpaired) electrons. The fourth-order valence-electron chi connectivity index (χ4n) is 2.62. The monoisotopic (exact) mass is 277 g/mol. The maximum absolute atomic E-state index is 12.5. The van der Waals surface area contributed by atoms with Gasteiger partial charge in [-0.05, 0) is 32.1 Å². The van der Waals surface area contributed by atoms with Crippen molar-refractivity contribution in [2.24, 2.45) is 0 Å². The van der Waals surface area contributed by atoms with Crippen LogP contribution in [0.4, 0.5) is 0 Å². The number of ether oxygens (including phenoxy) is 1. The summed E-state index contributed by atoms with van der Waals surface area (Å²) < 4.78 is 31.3. The fraction of sp³-hybridized carbons (Fsp3) is 0.909. The first-order valence-electron chi connectivity index (χ1n) is 6.34. The number of aliphatic carboxylic acids is 1. The van der Waals surface area contributed by atoms with Crippen LogP contribution in [0.2, 0.25) is 0 Å². The predicted molar refractivity (Wildman–Crippen MR) is 64.7 cm³/mol. The van der Waals surface area contributed by atoms with Crippen LogP contribution in [0.15, 0.2) is 0 Å². The van der Waals surface area contributed by atoms with E-state index < -0.39 is 27.3 Å². The van der Waals surface area contributed by atoms with E-state index >= 15 is 0 Å². The lowest BCUT2D eigenvalue weighted by molar-refractivity contribution is -0.142. The minimum Gasteiger partial charge on any atom is -0.480 e. The van der Waals surface area contributed by atoms with Gasteiger partial charge in [0.1, 0.15) is 6.04 Å². The Hall–Kier alpha value is -0.660. The summed E-state index contributed by atoms with van der Waals surface area (Å²) in [5.74, 6) is -1.04. The van der Waals surface area contributed by atoms with E-state index in [0.717, 1.165) is 12.8 Å². The van der Waals surface area contributed by atoms with Gasteiger partial charge in [-0.3, -0.25) is 4.79 Å². The number of nitrogens with zero attached hydrogens (tertiary/aromatic N) is 1. The molecule has 0 unspecified atom stereocenters. The molecule has 2 fully saturated rings. The fourth-order valence-corrected chi connectivity index (χ4v) is 4.73. The van der Waals surface area contributed by atoms with Gasteiger partial charge in [0.15, 0.2) is 0 Å². The highest BCUT2D eigenvalue weighted by atomic mass is 32.2. The van der Waals surface area contributed by atoms with Crippen LogP contribution in [0, 0.1) is 0 Å². The first-order valence-corrected chi connectivity index (χ1v) is 7.85. The Labute approximate surface area is 107 Å². The van der Waals surface area contributed by atoms with Gasteiger partial charge in [-0.1, -0.05) is 0 Å². The SMILES string of the molecule is O=C(O)[C@@H]1CCCCN1S(=O)(=O)C1CCOCC1. The van der Waals surface area contributed by atoms with Gasteiger partial charge in [-0.25, -0.2) is 8.42 Å². The van der Waals surface area contributed by atoms with Crippen LogP contribution in [-0.4, -0.2) is 54.8 Å². The van der Waals surface area contributed by atoms with Crippen molar-refractivity contribution in [1.82, 2.24) is 4.31 Å². The lowest BCUT2D eigenvalue weighted by atomic mass is 10.1. The van der Waals surface area contributed by atoms with Crippen LogP contribution in [0.5, 0.6) is 0 Å². The highest BCUT2D eigenvalue weighted by molar-refractivity contribution is 7.89. The number of rotatable bonds is 3. The number of carboxylic acid groups (broad SMARTS) is 1. The molecule has 104 valence electrons. The van der Waals surface area contributed by atoms with Crippen LogP contribution in [0.1, 0.15) is 32.1 Å². The minimum absolute atomic E-state index is 0.330. The lowest BCUT2D eigenvalue weighted by Gasteiger charge is -2.35. The van der Waals surface area contributed by atoms with Gasteiger partial charge in [0.05, 0.1) is 5.25 Å². The molecular weight excluding hydrogens is 258 g/mol. The molecule has 7 heteroatoms. The van der Waals surface area contributed by atoms with E-state index in [0.29, 0.717) is 39.0 Å². The third kappa shape index (κ3) is 2.67. The molecule has 0 amide bonds. The summed E-state index contributed by atoms with van der Waals surface area (Å²) in [7, 11) is -3.51. The number of hydrogen-bond acceptors (Lipinski definition) is 4. The van der Waals surface area contributed by atoms with Crippen molar-refractivity contribution in [3.63, 3.8) is 0 Å². The minimum atomic E-state index is -3.51. The molecule has 2 saturated heterocycles. The van der Waals surface area contributed by atoms with E-state index in [-0.39, 0.29) is 0 Å². The van der Waals surface area contributed by atoms with Crippen LogP contribution in [0.25, 0.3) is 0 Å². The third-order valence-electron chi connectivity index (χ3n) is 3.66. The summed E-state index contributed by atoms with van der Waals surface area (Å²) in [5, 5.41) is 8.66. The van der Waals surface area contributed by atoms with E-state index in [4.69, 9.17) is 9.84 Å². The summed E-state index contributed by atoms with van der Waals surface area (Å²) >= 11 is 0. The molecule has 0 aromatic rings. The van der Waals surface area contributed by atoms with Gasteiger partial charge in [-0.2, -0.15) is 4.31 Å². The highest BCUT2D eigenvalue weighted by Crippen LogP contribution is 2.26. The van der Waals surface area contributed by atoms with Gasteiger partial charge >= 0.3 is 5.97 Å². The quantitative estimate of drug-likeness (QED) is 0.809. The van der Waals surface area contributed by atoms with Gasteiger partial charge in [0.25, 0.3) is 0 Å². The first kappa shape index (κ1) is 13.8. The Morgan fingerprint density at radius 2 is 1.83 bits per heavy atom. The molecular formula is C11H19NO5S. The maximum Gasteiger partial charge on any atom is 0.322 e. The lowest BCUT2D eigenvalue weighted by Crippen LogP contribution is -2.51. The normalized spacial score (nSPS) is 28.1. The number of piperidine rings is 1. The Morgan fingerprint density at radius 1 is 1.17 bits per heavy atom. The van der Waals surface area contributed by atoms with E-state index in [1.807, 2.05) is 0 Å². The van der Waals surface area contributed by atoms with E-state index in [1.54, 1.807) is 0 Å². The topological polar surface area (TPSA) is 83.9 Å². The van der Waals surface area contributed by atoms with Crippen molar-refractivity contribution in [1.29, 1.82) is 0 Å². The zero-order valence-electron chi connectivity index (χ0n) is 10.2. The molecule has 2 aliphatic rings. The molecule has 2 rings (SSSR count). The van der Waals surface area contributed by atoms with Gasteiger partial charge in [-0.15, -0.1) is 0 Å². The predicted octanol–water partition coefficient (Wildman–Crippen LogP) is 0.434. The number of carbonyl (C=O) groups is 1. The van der Waals surface area contributed by atoms with Crippen LogP contribution < -0.4 is 0 Å². The van der Waals surface area contributed by atoms with E-state index in [2.05, 4.69) is 0 Å². The third-order valence-corrected chi connectivity index (χ3v) is 6.06. The molecule has 1 N–H and O–H groups in total. The summed E-state index contributed by atoms with van der Waals surface area (Å²) in [6, 6.07) is -0.883. The smallest absolute Gasteiger partial charge is 0.322 e. The molecule has 0 spiro atoms. The average molecular weight is 277 g/mol. The molecule has 0 aromatic heterocycles. The Morgan fingerprint density at radius 3 is 2.44 bits per heavy atom. The number of sulfonamides is 1. The second kappa shape index (κ2) is 5.54. The van der Waals surface area contributed by atoms with Gasteiger partial charge < -0.3 is 9.84 Å². The van der Waals surface area contributed by atoms with Crippen LogP contribution in [-0.2, 0) is 19.6 Å². The zero-order valence-corrected chi connectivity index (χ0v) is 11.1. The average Bonchev–Trinajstić information content (AvgIpc) is 2.39. The van der Waals surface area contributed by atoms with Crippen molar-refractivity contribution < 1.29 is 23.1 Å². The highest BCUT2D eigenvalue weighted by Gasteiger charge is 2.41. The van der Waals surface area contributed by atoms with Crippen molar-refractivity contribution in [2.75, 3.05) is 19.8 Å². The summed E-state index contributed by atoms with van der Waals surface area (Å²) in [6.45, 7) is 1.21. The van der Waals surface area contributed by atoms with Crippen molar-refractivity contribution in [2.45, 2.75) is 43.4 Å². The largest absolute Gasteiger partial charge is 0.480 e. The van der Waals surface area contributed by atoms with Gasteiger partial charge in [0, 0.05) is 19.8 Å². The zero-order chi connectivity index (χ0) is 13.2. The second-order valence-electron chi connectivity index (χ2n) is 4.82. The Kier molecular flexibility index (Phi) is 4.24. The van der Waals surface area contributed by atoms with E-state index in [9.17, 15) is 13.2 Å². The summed E-state index contributed by atoms with van der Waals surface area (Å²) in [5.41, 5.74) is 0.